The van der Waals surface area contributed by atoms with Gasteiger partial charge in [-0.25, -0.2) is 0 Å². The highest BCUT2D eigenvalue weighted by atomic mass is 16.5. The van der Waals surface area contributed by atoms with Gasteiger partial charge in [-0.1, -0.05) is 74.4 Å². The van der Waals surface area contributed by atoms with Crippen LogP contribution in [0.1, 0.15) is 60.5 Å². The molecule has 168 valence electrons. The van der Waals surface area contributed by atoms with Crippen LogP contribution in [0.5, 0.6) is 0 Å². The van der Waals surface area contributed by atoms with Crippen LogP contribution in [0.15, 0.2) is 54.6 Å². The molecule has 3 rings (SSSR count). The first-order chi connectivity index (χ1) is 15.2. The molecule has 0 amide bonds. The Hall–Kier alpha value is -2.01. The second-order valence-electron chi connectivity index (χ2n) is 8.69. The number of benzene rings is 2. The number of carbonyl (C=O) groups is 1. The minimum Gasteiger partial charge on any atom is -0.389 e. The maximum Gasteiger partial charge on any atom is 0.191 e. The van der Waals surface area contributed by atoms with Gasteiger partial charge in [-0.2, -0.15) is 0 Å². The monoisotopic (exact) mass is 423 g/mol. The van der Waals surface area contributed by atoms with E-state index in [1.807, 2.05) is 30.3 Å². The number of unbranched alkanes of at least 4 members (excludes halogenated alkanes) is 1. The molecule has 0 bridgehead atoms. The average Bonchev–Trinajstić information content (AvgIpc) is 2.82. The van der Waals surface area contributed by atoms with Gasteiger partial charge in [0.2, 0.25) is 0 Å². The second kappa shape index (κ2) is 12.7. The fourth-order valence-corrected chi connectivity index (χ4v) is 4.17. The third-order valence-electron chi connectivity index (χ3n) is 6.02. The van der Waals surface area contributed by atoms with Crippen LogP contribution in [0, 0.1) is 0 Å². The summed E-state index contributed by atoms with van der Waals surface area (Å²) >= 11 is 0. The Balaban J connectivity index is 1.62. The number of β-amino-alcohol motifs (C(OH)–C–C–N with tert-alkyl or cyclic N) is 1. The Morgan fingerprint density at radius 3 is 2.35 bits per heavy atom. The Labute approximate surface area is 187 Å². The highest BCUT2D eigenvalue weighted by Crippen LogP contribution is 2.16. The molecule has 1 heterocycles. The van der Waals surface area contributed by atoms with Gasteiger partial charge in [0, 0.05) is 18.5 Å². The smallest absolute Gasteiger partial charge is 0.191 e. The van der Waals surface area contributed by atoms with Gasteiger partial charge < -0.3 is 14.7 Å². The van der Waals surface area contributed by atoms with Crippen molar-refractivity contribution in [2.24, 2.45) is 0 Å². The summed E-state index contributed by atoms with van der Waals surface area (Å²) in [6.07, 6.45) is 6.44. The van der Waals surface area contributed by atoms with E-state index in [4.69, 9.17) is 4.74 Å². The first-order valence-electron chi connectivity index (χ1n) is 11.8. The molecule has 4 nitrogen and oxygen atoms in total. The number of ketones is 1. The van der Waals surface area contributed by atoms with E-state index in [-0.39, 0.29) is 12.4 Å². The lowest BCUT2D eigenvalue weighted by Gasteiger charge is -2.29. The standard InChI is InChI=1S/C27H37NO3/c1-2-3-10-22-13-15-23(16-14-22)19-26(27(30)24-11-6-4-7-12-24)31-21-25(29)20-28-17-8-5-9-18-28/h4,6-7,11-16,25-26,29H,2-3,5,8-10,17-21H2,1H3. The SMILES string of the molecule is CCCCc1ccc(CC(OCC(O)CN2CCCCC2)C(=O)c2ccccc2)cc1. The summed E-state index contributed by atoms with van der Waals surface area (Å²) in [7, 11) is 0. The van der Waals surface area contributed by atoms with Crippen molar-refractivity contribution in [3.63, 3.8) is 0 Å². The number of hydrogen-bond acceptors (Lipinski definition) is 4. The Morgan fingerprint density at radius 2 is 1.68 bits per heavy atom. The summed E-state index contributed by atoms with van der Waals surface area (Å²) in [6.45, 7) is 5.06. The maximum absolute atomic E-state index is 13.1. The molecule has 1 saturated heterocycles. The van der Waals surface area contributed by atoms with Gasteiger partial charge in [0.05, 0.1) is 12.7 Å². The molecule has 31 heavy (non-hydrogen) atoms. The zero-order valence-corrected chi connectivity index (χ0v) is 18.8. The molecule has 2 unspecified atom stereocenters. The zero-order chi connectivity index (χ0) is 21.9. The lowest BCUT2D eigenvalue weighted by Crippen LogP contribution is -2.39. The van der Waals surface area contributed by atoms with Crippen LogP contribution in [0.2, 0.25) is 0 Å². The van der Waals surface area contributed by atoms with Crippen molar-refractivity contribution in [1.82, 2.24) is 4.90 Å². The predicted molar refractivity (Wildman–Crippen MR) is 126 cm³/mol. The Bertz CT molecular complexity index is 769. The number of aryl methyl sites for hydroxylation is 1. The lowest BCUT2D eigenvalue weighted by molar-refractivity contribution is -0.0151. The normalized spacial score (nSPS) is 16.7. The summed E-state index contributed by atoms with van der Waals surface area (Å²) in [5.74, 6) is -0.0270. The van der Waals surface area contributed by atoms with Crippen LogP contribution in [0.4, 0.5) is 0 Å². The van der Waals surface area contributed by atoms with E-state index in [2.05, 4.69) is 36.1 Å². The van der Waals surface area contributed by atoms with Crippen LogP contribution in [-0.4, -0.2) is 54.2 Å². The second-order valence-corrected chi connectivity index (χ2v) is 8.69. The minimum atomic E-state index is -0.597. The quantitative estimate of drug-likeness (QED) is 0.503. The van der Waals surface area contributed by atoms with Gasteiger partial charge in [-0.15, -0.1) is 0 Å². The van der Waals surface area contributed by atoms with Gasteiger partial charge in [0.15, 0.2) is 5.78 Å². The predicted octanol–water partition coefficient (Wildman–Crippen LogP) is 4.69. The molecule has 0 aliphatic carbocycles. The van der Waals surface area contributed by atoms with Crippen LogP contribution in [0.25, 0.3) is 0 Å². The zero-order valence-electron chi connectivity index (χ0n) is 18.8. The van der Waals surface area contributed by atoms with E-state index >= 15 is 0 Å². The van der Waals surface area contributed by atoms with E-state index < -0.39 is 12.2 Å². The highest BCUT2D eigenvalue weighted by Gasteiger charge is 2.23. The fraction of sp³-hybridized carbons (Fsp3) is 0.519. The summed E-state index contributed by atoms with van der Waals surface area (Å²) in [5.41, 5.74) is 3.06. The summed E-state index contributed by atoms with van der Waals surface area (Å²) in [5, 5.41) is 10.5. The van der Waals surface area contributed by atoms with Crippen LogP contribution >= 0.6 is 0 Å². The maximum atomic E-state index is 13.1. The Kier molecular flexibility index (Phi) is 9.73. The average molecular weight is 424 g/mol. The molecule has 1 aliphatic rings. The number of carbonyl (C=O) groups excluding carboxylic acids is 1. The number of rotatable bonds is 12. The summed E-state index contributed by atoms with van der Waals surface area (Å²) in [4.78, 5) is 15.4. The number of likely N-dealkylation sites (tertiary alicyclic amines) is 1. The minimum absolute atomic E-state index is 0.0270. The molecular weight excluding hydrogens is 386 g/mol. The van der Waals surface area contributed by atoms with Crippen molar-refractivity contribution in [1.29, 1.82) is 0 Å². The third-order valence-corrected chi connectivity index (χ3v) is 6.02. The van der Waals surface area contributed by atoms with Gasteiger partial charge in [-0.05, 0) is 49.9 Å². The number of aliphatic hydroxyl groups excluding tert-OH is 1. The largest absolute Gasteiger partial charge is 0.389 e. The van der Waals surface area contributed by atoms with Gasteiger partial charge in [-0.3, -0.25) is 4.79 Å². The molecule has 1 aliphatic heterocycles. The van der Waals surface area contributed by atoms with Crippen LogP contribution < -0.4 is 0 Å². The van der Waals surface area contributed by atoms with Gasteiger partial charge >= 0.3 is 0 Å². The first kappa shape index (κ1) is 23.6. The number of piperidine rings is 1. The Morgan fingerprint density at radius 1 is 1.00 bits per heavy atom. The first-order valence-corrected chi connectivity index (χ1v) is 11.8. The molecule has 0 radical (unpaired) electrons. The molecule has 2 aromatic carbocycles. The molecular formula is C27H37NO3. The van der Waals surface area contributed by atoms with E-state index in [0.29, 0.717) is 18.5 Å². The summed E-state index contributed by atoms with van der Waals surface area (Å²) < 4.78 is 6.03. The molecule has 2 aromatic rings. The molecule has 0 saturated carbocycles. The number of nitrogens with zero attached hydrogens (tertiary/aromatic N) is 1. The third kappa shape index (κ3) is 7.88. The van der Waals surface area contributed by atoms with E-state index in [1.54, 1.807) is 0 Å². The highest BCUT2D eigenvalue weighted by molar-refractivity contribution is 5.99. The number of ether oxygens (including phenoxy) is 1. The van der Waals surface area contributed by atoms with Crippen molar-refractivity contribution >= 4 is 5.78 Å². The number of Topliss-reactive ketones (excluding diaryl/α,β-unsaturated/α-hetero) is 1. The fourth-order valence-electron chi connectivity index (χ4n) is 4.17. The molecule has 0 spiro atoms. The van der Waals surface area contributed by atoms with E-state index in [9.17, 15) is 9.90 Å². The molecule has 1 N–H and O–H groups in total. The van der Waals surface area contributed by atoms with Crippen LogP contribution in [-0.2, 0) is 17.6 Å². The van der Waals surface area contributed by atoms with Crippen molar-refractivity contribution in [3.8, 4) is 0 Å². The van der Waals surface area contributed by atoms with Crippen molar-refractivity contribution < 1.29 is 14.6 Å². The van der Waals surface area contributed by atoms with E-state index in [0.717, 1.165) is 25.1 Å². The molecule has 2 atom stereocenters. The van der Waals surface area contributed by atoms with Crippen molar-refractivity contribution in [3.05, 3.63) is 71.3 Å². The molecule has 4 heteroatoms. The topological polar surface area (TPSA) is 49.8 Å². The molecule has 0 aromatic heterocycles. The van der Waals surface area contributed by atoms with Crippen molar-refractivity contribution in [2.45, 2.75) is 64.1 Å². The van der Waals surface area contributed by atoms with E-state index in [1.165, 1.54) is 37.7 Å². The van der Waals surface area contributed by atoms with Crippen molar-refractivity contribution in [2.75, 3.05) is 26.2 Å². The van der Waals surface area contributed by atoms with Gasteiger partial charge in [0.25, 0.3) is 0 Å². The number of hydrogen-bond donors (Lipinski definition) is 1. The van der Waals surface area contributed by atoms with Gasteiger partial charge in [0.1, 0.15) is 6.10 Å². The number of aliphatic hydroxyl groups is 1. The summed E-state index contributed by atoms with van der Waals surface area (Å²) in [6, 6.07) is 17.8. The molecule has 1 fully saturated rings. The lowest BCUT2D eigenvalue weighted by atomic mass is 9.98. The van der Waals surface area contributed by atoms with Crippen LogP contribution in [0.3, 0.4) is 0 Å².